The zero-order valence-corrected chi connectivity index (χ0v) is 21.1. The number of benzene rings is 2. The molecule has 10 heteroatoms. The van der Waals surface area contributed by atoms with E-state index < -0.39 is 21.6 Å². The Hall–Kier alpha value is -3.92. The van der Waals surface area contributed by atoms with Gasteiger partial charge in [0, 0.05) is 12.1 Å². The molecule has 3 aromatic rings. The van der Waals surface area contributed by atoms with Gasteiger partial charge in [0.1, 0.15) is 0 Å². The van der Waals surface area contributed by atoms with Gasteiger partial charge in [0.2, 0.25) is 0 Å². The molecule has 2 aromatic carbocycles. The Morgan fingerprint density at radius 1 is 1.03 bits per heavy atom. The normalized spacial score (nSPS) is 13.4. The predicted octanol–water partition coefficient (Wildman–Crippen LogP) is 3.49. The van der Waals surface area contributed by atoms with Crippen LogP contribution in [0.25, 0.3) is 11.8 Å². The lowest BCUT2D eigenvalue weighted by Crippen LogP contribution is -2.36. The molecule has 0 aliphatic carbocycles. The van der Waals surface area contributed by atoms with E-state index in [0.29, 0.717) is 5.69 Å². The third-order valence-corrected chi connectivity index (χ3v) is 7.44. The summed E-state index contributed by atoms with van der Waals surface area (Å²) in [6, 6.07) is 15.1. The van der Waals surface area contributed by atoms with Gasteiger partial charge in [-0.3, -0.25) is 4.79 Å². The van der Waals surface area contributed by atoms with Crippen molar-refractivity contribution >= 4 is 27.9 Å². The third-order valence-electron chi connectivity index (χ3n) is 5.64. The summed E-state index contributed by atoms with van der Waals surface area (Å²) in [5, 5.41) is 0. The summed E-state index contributed by atoms with van der Waals surface area (Å²) >= 11 is 0. The highest BCUT2D eigenvalue weighted by Crippen LogP contribution is 2.32. The Morgan fingerprint density at radius 3 is 2.36 bits per heavy atom. The van der Waals surface area contributed by atoms with E-state index in [9.17, 15) is 18.0 Å². The van der Waals surface area contributed by atoms with Crippen LogP contribution in [0, 0.1) is 6.92 Å². The minimum Gasteiger partial charge on any atom is -0.465 e. The topological polar surface area (TPSA) is 108 Å². The van der Waals surface area contributed by atoms with Crippen LogP contribution in [0.4, 0.5) is 5.82 Å². The molecule has 4 rings (SSSR count). The Morgan fingerprint density at radius 2 is 1.72 bits per heavy atom. The molecule has 0 saturated carbocycles. The first-order valence-electron chi connectivity index (χ1n) is 11.6. The molecule has 0 spiro atoms. The second-order valence-electron chi connectivity index (χ2n) is 8.07. The minimum atomic E-state index is -4.12. The molecule has 0 N–H and O–H groups in total. The lowest BCUT2D eigenvalue weighted by Gasteiger charge is -2.24. The van der Waals surface area contributed by atoms with Crippen LogP contribution in [-0.4, -0.2) is 43.7 Å². The molecule has 36 heavy (non-hydrogen) atoms. The van der Waals surface area contributed by atoms with E-state index in [4.69, 9.17) is 9.47 Å². The first-order valence-corrected chi connectivity index (χ1v) is 13.0. The SMILES string of the molecule is CCOC(=O)C1=Cc2c(nc(OCC)n(-c3ccccc3)c2=O)N(S(=O)(=O)c2ccc(C)cc2)CC1. The van der Waals surface area contributed by atoms with Gasteiger partial charge in [-0.1, -0.05) is 35.9 Å². The van der Waals surface area contributed by atoms with Gasteiger partial charge < -0.3 is 9.47 Å². The van der Waals surface area contributed by atoms with Crippen molar-refractivity contribution in [3.63, 3.8) is 0 Å². The van der Waals surface area contributed by atoms with E-state index in [1.54, 1.807) is 56.3 Å². The lowest BCUT2D eigenvalue weighted by atomic mass is 10.1. The number of hydrogen-bond acceptors (Lipinski definition) is 7. The van der Waals surface area contributed by atoms with Crippen molar-refractivity contribution in [1.29, 1.82) is 0 Å². The van der Waals surface area contributed by atoms with Crippen LogP contribution in [0.15, 0.2) is 69.9 Å². The summed E-state index contributed by atoms with van der Waals surface area (Å²) in [5.41, 5.74) is 0.965. The number of esters is 1. The fourth-order valence-electron chi connectivity index (χ4n) is 3.88. The van der Waals surface area contributed by atoms with Gasteiger partial charge in [-0.25, -0.2) is 22.1 Å². The Kier molecular flexibility index (Phi) is 7.25. The molecule has 0 fully saturated rings. The number of rotatable bonds is 7. The van der Waals surface area contributed by atoms with Crippen molar-refractivity contribution in [3.05, 3.63) is 81.7 Å². The Labute approximate surface area is 209 Å². The van der Waals surface area contributed by atoms with Crippen molar-refractivity contribution in [2.75, 3.05) is 24.1 Å². The standard InChI is InChI=1S/C26H27N3O6S/c1-4-34-25(31)19-15-16-28(36(32,33)21-13-11-18(3)12-14-21)23-22(17-19)24(30)29(26(27-23)35-5-2)20-9-7-6-8-10-20/h6-14,17H,4-5,15-16H2,1-3H3. The molecular weight excluding hydrogens is 482 g/mol. The maximum atomic E-state index is 13.9. The van der Waals surface area contributed by atoms with E-state index >= 15 is 0 Å². The second kappa shape index (κ2) is 10.4. The number of sulfonamides is 1. The number of hydrogen-bond donors (Lipinski definition) is 0. The molecule has 0 atom stereocenters. The van der Waals surface area contributed by atoms with Gasteiger partial charge in [-0.2, -0.15) is 4.98 Å². The number of aryl methyl sites for hydroxylation is 1. The van der Waals surface area contributed by atoms with Crippen molar-refractivity contribution < 1.29 is 22.7 Å². The predicted molar refractivity (Wildman–Crippen MR) is 136 cm³/mol. The molecule has 188 valence electrons. The van der Waals surface area contributed by atoms with E-state index in [1.807, 2.05) is 6.92 Å². The number of carbonyl (C=O) groups is 1. The third kappa shape index (κ3) is 4.76. The maximum Gasteiger partial charge on any atom is 0.334 e. The monoisotopic (exact) mass is 509 g/mol. The zero-order valence-electron chi connectivity index (χ0n) is 20.3. The number of nitrogens with zero attached hydrogens (tertiary/aromatic N) is 3. The van der Waals surface area contributed by atoms with Crippen molar-refractivity contribution in [2.24, 2.45) is 0 Å². The van der Waals surface area contributed by atoms with Crippen molar-refractivity contribution in [1.82, 2.24) is 9.55 Å². The average molecular weight is 510 g/mol. The maximum absolute atomic E-state index is 13.9. The van der Waals surface area contributed by atoms with Gasteiger partial charge in [-0.15, -0.1) is 0 Å². The molecule has 1 aliphatic heterocycles. The molecule has 0 amide bonds. The highest BCUT2D eigenvalue weighted by atomic mass is 32.2. The highest BCUT2D eigenvalue weighted by Gasteiger charge is 2.34. The largest absolute Gasteiger partial charge is 0.465 e. The summed E-state index contributed by atoms with van der Waals surface area (Å²) in [6.07, 6.45) is 1.41. The number of carbonyl (C=O) groups excluding carboxylic acids is 1. The summed E-state index contributed by atoms with van der Waals surface area (Å²) < 4.78 is 40.7. The van der Waals surface area contributed by atoms with Gasteiger partial charge >= 0.3 is 12.0 Å². The number of anilines is 1. The van der Waals surface area contributed by atoms with Crippen LogP contribution in [0.2, 0.25) is 0 Å². The molecule has 0 saturated heterocycles. The van der Waals surface area contributed by atoms with E-state index in [0.717, 1.165) is 9.87 Å². The first-order chi connectivity index (χ1) is 17.3. The zero-order chi connectivity index (χ0) is 25.9. The van der Waals surface area contributed by atoms with Gasteiger partial charge in [0.25, 0.3) is 15.6 Å². The number of fused-ring (bicyclic) bond motifs is 1. The summed E-state index contributed by atoms with van der Waals surface area (Å²) in [7, 11) is -4.12. The summed E-state index contributed by atoms with van der Waals surface area (Å²) in [5.74, 6) is -0.715. The van der Waals surface area contributed by atoms with Crippen LogP contribution < -0.4 is 14.6 Å². The number of ether oxygens (including phenoxy) is 2. The fraction of sp³-hybridized carbons (Fsp3) is 0.269. The second-order valence-corrected chi connectivity index (χ2v) is 9.93. The molecule has 0 bridgehead atoms. The van der Waals surface area contributed by atoms with Crippen LogP contribution in [0.5, 0.6) is 6.01 Å². The van der Waals surface area contributed by atoms with Crippen LogP contribution >= 0.6 is 0 Å². The first kappa shape index (κ1) is 25.2. The minimum absolute atomic E-state index is 0.0367. The summed E-state index contributed by atoms with van der Waals surface area (Å²) in [4.78, 5) is 31.1. The van der Waals surface area contributed by atoms with Crippen LogP contribution in [0.1, 0.15) is 31.4 Å². The van der Waals surface area contributed by atoms with E-state index in [-0.39, 0.29) is 54.0 Å². The van der Waals surface area contributed by atoms with E-state index in [1.165, 1.54) is 22.8 Å². The molecule has 0 radical (unpaired) electrons. The van der Waals surface area contributed by atoms with Crippen molar-refractivity contribution in [3.8, 4) is 11.7 Å². The molecular formula is C26H27N3O6S. The molecule has 1 aliphatic rings. The van der Waals surface area contributed by atoms with Gasteiger partial charge in [0.15, 0.2) is 5.82 Å². The van der Waals surface area contributed by atoms with E-state index in [2.05, 4.69) is 4.98 Å². The Bertz CT molecular complexity index is 1460. The Balaban J connectivity index is 2.00. The smallest absolute Gasteiger partial charge is 0.334 e. The number of para-hydroxylation sites is 1. The molecule has 2 heterocycles. The quantitative estimate of drug-likeness (QED) is 0.449. The molecule has 1 aromatic heterocycles. The highest BCUT2D eigenvalue weighted by molar-refractivity contribution is 7.92. The fourth-order valence-corrected chi connectivity index (χ4v) is 5.31. The van der Waals surface area contributed by atoms with Crippen LogP contribution in [-0.2, 0) is 19.6 Å². The molecule has 0 unspecified atom stereocenters. The van der Waals surface area contributed by atoms with Crippen molar-refractivity contribution in [2.45, 2.75) is 32.1 Å². The van der Waals surface area contributed by atoms with Gasteiger partial charge in [0.05, 0.1) is 29.4 Å². The lowest BCUT2D eigenvalue weighted by molar-refractivity contribution is -0.138. The summed E-state index contributed by atoms with van der Waals surface area (Å²) in [6.45, 7) is 5.51. The average Bonchev–Trinajstić information content (AvgIpc) is 3.06. The van der Waals surface area contributed by atoms with Crippen LogP contribution in [0.3, 0.4) is 0 Å². The van der Waals surface area contributed by atoms with Gasteiger partial charge in [-0.05, 0) is 57.5 Å². The number of aromatic nitrogens is 2. The molecule has 9 nitrogen and oxygen atoms in total.